The highest BCUT2D eigenvalue weighted by Crippen LogP contribution is 2.38. The van der Waals surface area contributed by atoms with Crippen LogP contribution in [0.1, 0.15) is 45.3 Å². The van der Waals surface area contributed by atoms with Crippen molar-refractivity contribution in [1.82, 2.24) is 0 Å². The molecule has 4 nitrogen and oxygen atoms in total. The molecule has 0 unspecified atom stereocenters. The first-order valence-electron chi connectivity index (χ1n) is 11.5. The Kier molecular flexibility index (Phi) is 6.87. The van der Waals surface area contributed by atoms with Gasteiger partial charge in [-0.05, 0) is 85.7 Å². The molecule has 3 aromatic carbocycles. The van der Waals surface area contributed by atoms with Gasteiger partial charge in [0.15, 0.2) is 0 Å². The molecule has 1 heterocycles. The zero-order valence-corrected chi connectivity index (χ0v) is 20.4. The van der Waals surface area contributed by atoms with Crippen LogP contribution in [-0.2, 0) is 11.3 Å². The number of carbonyl (C=O) groups is 1. The number of furan rings is 1. The molecule has 0 fully saturated rings. The number of esters is 1. The molecule has 0 radical (unpaired) electrons. The maximum Gasteiger partial charge on any atom is 0.374 e. The molecule has 0 spiro atoms. The summed E-state index contributed by atoms with van der Waals surface area (Å²) < 4.78 is 17.2. The fourth-order valence-electron chi connectivity index (χ4n) is 4.23. The molecule has 4 aromatic rings. The fraction of sp³-hybridized carbons (Fsp3) is 0.233. The van der Waals surface area contributed by atoms with Crippen LogP contribution in [0.2, 0.25) is 0 Å². The highest BCUT2D eigenvalue weighted by Gasteiger charge is 2.24. The van der Waals surface area contributed by atoms with E-state index in [0.29, 0.717) is 12.2 Å². The van der Waals surface area contributed by atoms with E-state index in [9.17, 15) is 4.79 Å². The predicted molar refractivity (Wildman–Crippen MR) is 135 cm³/mol. The molecule has 34 heavy (non-hydrogen) atoms. The summed E-state index contributed by atoms with van der Waals surface area (Å²) in [5.74, 6) is 0.441. The van der Waals surface area contributed by atoms with Crippen molar-refractivity contribution in [3.05, 3.63) is 101 Å². The quantitative estimate of drug-likeness (QED) is 0.270. The number of hydrogen-bond donors (Lipinski definition) is 0. The van der Waals surface area contributed by atoms with Crippen LogP contribution in [0.4, 0.5) is 0 Å². The predicted octanol–water partition coefficient (Wildman–Crippen LogP) is 7.60. The summed E-state index contributed by atoms with van der Waals surface area (Å²) in [6.45, 7) is 11.1. The van der Waals surface area contributed by atoms with Crippen LogP contribution in [0.15, 0.2) is 71.3 Å². The number of rotatable bonds is 7. The Labute approximate surface area is 201 Å². The molecule has 4 rings (SSSR count). The minimum absolute atomic E-state index is 0.193. The first kappa shape index (κ1) is 23.4. The van der Waals surface area contributed by atoms with E-state index in [0.717, 1.165) is 22.4 Å². The van der Waals surface area contributed by atoms with Crippen LogP contribution < -0.4 is 4.74 Å². The topological polar surface area (TPSA) is 48.7 Å². The molecule has 0 atom stereocenters. The van der Waals surface area contributed by atoms with Gasteiger partial charge in [-0.15, -0.1) is 0 Å². The summed E-state index contributed by atoms with van der Waals surface area (Å²) in [5, 5.41) is 0. The van der Waals surface area contributed by atoms with E-state index in [-0.39, 0.29) is 12.4 Å². The minimum Gasteiger partial charge on any atom is -0.489 e. The maximum atomic E-state index is 12.7. The van der Waals surface area contributed by atoms with Crippen molar-refractivity contribution in [1.29, 1.82) is 0 Å². The second-order valence-corrected chi connectivity index (χ2v) is 8.50. The van der Waals surface area contributed by atoms with Crippen LogP contribution >= 0.6 is 0 Å². The second-order valence-electron chi connectivity index (χ2n) is 8.50. The SMILES string of the molecule is CCOC(=O)c1occ(-c2ccccc2)c1-c1cccc(OCc2c(C)c(C)cc(C)c2C)c1. The molecule has 4 heteroatoms. The lowest BCUT2D eigenvalue weighted by atomic mass is 9.95. The van der Waals surface area contributed by atoms with Crippen molar-refractivity contribution in [2.24, 2.45) is 0 Å². The minimum atomic E-state index is -0.479. The molecule has 0 saturated carbocycles. The largest absolute Gasteiger partial charge is 0.489 e. The van der Waals surface area contributed by atoms with Gasteiger partial charge in [-0.25, -0.2) is 4.79 Å². The molecule has 0 aliphatic heterocycles. The van der Waals surface area contributed by atoms with Gasteiger partial charge in [0.2, 0.25) is 5.76 Å². The Balaban J connectivity index is 1.72. The summed E-state index contributed by atoms with van der Waals surface area (Å²) in [4.78, 5) is 12.7. The number of aryl methyl sites for hydroxylation is 2. The molecule has 0 aliphatic carbocycles. The molecule has 1 aromatic heterocycles. The van der Waals surface area contributed by atoms with Crippen molar-refractivity contribution < 1.29 is 18.7 Å². The van der Waals surface area contributed by atoms with E-state index in [1.807, 2.05) is 54.6 Å². The van der Waals surface area contributed by atoms with Gasteiger partial charge in [0, 0.05) is 11.1 Å². The van der Waals surface area contributed by atoms with E-state index in [1.54, 1.807) is 13.2 Å². The van der Waals surface area contributed by atoms with Gasteiger partial charge in [0.05, 0.1) is 6.61 Å². The standard InChI is InChI=1S/C30H30O4/c1-6-32-30(31)29-28(27(18-34-29)23-11-8-7-9-12-23)24-13-10-14-25(16-24)33-17-26-21(4)19(2)15-20(3)22(26)5/h7-16,18H,6,17H2,1-5H3. The zero-order valence-electron chi connectivity index (χ0n) is 20.4. The van der Waals surface area contributed by atoms with Crippen LogP contribution in [0.3, 0.4) is 0 Å². The van der Waals surface area contributed by atoms with Gasteiger partial charge in [-0.1, -0.05) is 48.5 Å². The Bertz CT molecular complexity index is 1290. The summed E-state index contributed by atoms with van der Waals surface area (Å²) >= 11 is 0. The number of hydrogen-bond acceptors (Lipinski definition) is 4. The van der Waals surface area contributed by atoms with Crippen LogP contribution in [0.5, 0.6) is 5.75 Å². The van der Waals surface area contributed by atoms with Crippen molar-refractivity contribution in [2.45, 2.75) is 41.2 Å². The van der Waals surface area contributed by atoms with Crippen molar-refractivity contribution >= 4 is 5.97 Å². The fourth-order valence-corrected chi connectivity index (χ4v) is 4.23. The lowest BCUT2D eigenvalue weighted by Gasteiger charge is -2.16. The van der Waals surface area contributed by atoms with E-state index in [2.05, 4.69) is 33.8 Å². The second kappa shape index (κ2) is 10.0. The zero-order chi connectivity index (χ0) is 24.2. The van der Waals surface area contributed by atoms with Crippen LogP contribution in [0.25, 0.3) is 22.3 Å². The van der Waals surface area contributed by atoms with E-state index in [4.69, 9.17) is 13.9 Å². The third kappa shape index (κ3) is 4.62. The van der Waals surface area contributed by atoms with Gasteiger partial charge < -0.3 is 13.9 Å². The average molecular weight is 455 g/mol. The molecular formula is C30H30O4. The number of benzene rings is 3. The van der Waals surface area contributed by atoms with E-state index >= 15 is 0 Å². The molecule has 0 amide bonds. The van der Waals surface area contributed by atoms with Gasteiger partial charge in [-0.3, -0.25) is 0 Å². The summed E-state index contributed by atoms with van der Waals surface area (Å²) in [7, 11) is 0. The van der Waals surface area contributed by atoms with Gasteiger partial charge in [0.25, 0.3) is 0 Å². The Morgan fingerprint density at radius 1 is 0.853 bits per heavy atom. The van der Waals surface area contributed by atoms with Crippen LogP contribution in [-0.4, -0.2) is 12.6 Å². The summed E-state index contributed by atoms with van der Waals surface area (Å²) in [6, 6.07) is 19.9. The lowest BCUT2D eigenvalue weighted by Crippen LogP contribution is -2.05. The summed E-state index contributed by atoms with van der Waals surface area (Å²) in [5.41, 5.74) is 9.58. The van der Waals surface area contributed by atoms with Gasteiger partial charge in [-0.2, -0.15) is 0 Å². The highest BCUT2D eigenvalue weighted by atomic mass is 16.5. The monoisotopic (exact) mass is 454 g/mol. The molecular weight excluding hydrogens is 424 g/mol. The van der Waals surface area contributed by atoms with Gasteiger partial charge in [0.1, 0.15) is 18.6 Å². The average Bonchev–Trinajstić information content (AvgIpc) is 3.29. The molecule has 0 N–H and O–H groups in total. The van der Waals surface area contributed by atoms with Gasteiger partial charge >= 0.3 is 5.97 Å². The van der Waals surface area contributed by atoms with Crippen molar-refractivity contribution in [3.8, 4) is 28.0 Å². The number of ether oxygens (including phenoxy) is 2. The Hall–Kier alpha value is -3.79. The first-order valence-corrected chi connectivity index (χ1v) is 11.5. The smallest absolute Gasteiger partial charge is 0.374 e. The third-order valence-electron chi connectivity index (χ3n) is 6.36. The van der Waals surface area contributed by atoms with E-state index < -0.39 is 5.97 Å². The van der Waals surface area contributed by atoms with Crippen molar-refractivity contribution in [2.75, 3.05) is 6.61 Å². The molecule has 0 bridgehead atoms. The maximum absolute atomic E-state index is 12.7. The third-order valence-corrected chi connectivity index (χ3v) is 6.36. The molecule has 174 valence electrons. The van der Waals surface area contributed by atoms with Crippen LogP contribution in [0, 0.1) is 27.7 Å². The lowest BCUT2D eigenvalue weighted by molar-refractivity contribution is 0.0491. The highest BCUT2D eigenvalue weighted by molar-refractivity contribution is 6.00. The number of carbonyl (C=O) groups excluding carboxylic acids is 1. The van der Waals surface area contributed by atoms with E-state index in [1.165, 1.54) is 27.8 Å². The Morgan fingerprint density at radius 2 is 1.53 bits per heavy atom. The Morgan fingerprint density at radius 3 is 2.21 bits per heavy atom. The first-order chi connectivity index (χ1) is 16.4. The molecule has 0 saturated heterocycles. The molecule has 0 aliphatic rings. The van der Waals surface area contributed by atoms with Crippen molar-refractivity contribution in [3.63, 3.8) is 0 Å². The summed E-state index contributed by atoms with van der Waals surface area (Å²) in [6.07, 6.45) is 1.62. The normalized spacial score (nSPS) is 10.9.